The van der Waals surface area contributed by atoms with Gasteiger partial charge in [0.1, 0.15) is 6.04 Å². The molecule has 29 heavy (non-hydrogen) atoms. The molecule has 0 unspecified atom stereocenters. The molecule has 0 fully saturated rings. The third kappa shape index (κ3) is 7.04. The highest BCUT2D eigenvalue weighted by Gasteiger charge is 2.26. The summed E-state index contributed by atoms with van der Waals surface area (Å²) >= 11 is 0. The number of hydrogen-bond acceptors (Lipinski definition) is 2. The zero-order valence-corrected chi connectivity index (χ0v) is 18.2. The van der Waals surface area contributed by atoms with Crippen molar-refractivity contribution in [2.45, 2.75) is 72.0 Å². The topological polar surface area (TPSA) is 49.4 Å². The Kier molecular flexibility index (Phi) is 8.91. The summed E-state index contributed by atoms with van der Waals surface area (Å²) in [5, 5.41) is 3.00. The lowest BCUT2D eigenvalue weighted by atomic mass is 10.0. The minimum atomic E-state index is -0.515. The quantitative estimate of drug-likeness (QED) is 0.644. The van der Waals surface area contributed by atoms with Crippen LogP contribution in [0.2, 0.25) is 0 Å². The van der Waals surface area contributed by atoms with E-state index >= 15 is 0 Å². The third-order valence-corrected chi connectivity index (χ3v) is 5.42. The zero-order valence-electron chi connectivity index (χ0n) is 18.2. The van der Waals surface area contributed by atoms with Crippen molar-refractivity contribution >= 4 is 11.8 Å². The molecule has 2 amide bonds. The van der Waals surface area contributed by atoms with E-state index in [0.717, 1.165) is 24.0 Å². The van der Waals surface area contributed by atoms with E-state index in [-0.39, 0.29) is 17.9 Å². The van der Waals surface area contributed by atoms with Crippen LogP contribution in [-0.4, -0.2) is 28.8 Å². The van der Waals surface area contributed by atoms with Gasteiger partial charge in [-0.25, -0.2) is 0 Å². The fraction of sp³-hybridized carbons (Fsp3) is 0.440. The number of benzene rings is 2. The number of nitrogens with zero attached hydrogens (tertiary/aromatic N) is 1. The van der Waals surface area contributed by atoms with E-state index in [1.165, 1.54) is 5.56 Å². The first-order valence-electron chi connectivity index (χ1n) is 10.7. The molecular weight excluding hydrogens is 360 g/mol. The van der Waals surface area contributed by atoms with Crippen LogP contribution in [0.1, 0.15) is 57.2 Å². The molecule has 2 aromatic rings. The van der Waals surface area contributed by atoms with E-state index in [0.29, 0.717) is 19.4 Å². The zero-order chi connectivity index (χ0) is 21.2. The molecule has 0 aliphatic carbocycles. The Labute approximate surface area is 175 Å². The molecule has 2 atom stereocenters. The van der Waals surface area contributed by atoms with Crippen molar-refractivity contribution in [2.24, 2.45) is 0 Å². The maximum Gasteiger partial charge on any atom is 0.242 e. The standard InChI is InChI=1S/C25H34N2O2/c1-5-19(3)26-25(29)20(4)27(18-23-10-8-7-9-11-23)24(28)17-16-22-14-12-21(6-2)13-15-22/h7-15,19-20H,5-6,16-18H2,1-4H3,(H,26,29)/t19-,20-/m1/s1. The summed E-state index contributed by atoms with van der Waals surface area (Å²) in [6.45, 7) is 8.39. The Morgan fingerprint density at radius 1 is 0.897 bits per heavy atom. The van der Waals surface area contributed by atoms with E-state index < -0.39 is 6.04 Å². The average Bonchev–Trinajstić information content (AvgIpc) is 2.76. The average molecular weight is 395 g/mol. The van der Waals surface area contributed by atoms with Gasteiger partial charge in [0.05, 0.1) is 0 Å². The predicted octanol–water partition coefficient (Wildman–Crippen LogP) is 4.51. The summed E-state index contributed by atoms with van der Waals surface area (Å²) in [6, 6.07) is 17.8. The minimum absolute atomic E-state index is 0.000206. The normalized spacial score (nSPS) is 12.8. The molecule has 2 aromatic carbocycles. The fourth-order valence-corrected chi connectivity index (χ4v) is 3.16. The number of aryl methyl sites for hydroxylation is 2. The fourth-order valence-electron chi connectivity index (χ4n) is 3.16. The predicted molar refractivity (Wildman–Crippen MR) is 118 cm³/mol. The number of nitrogens with one attached hydrogen (secondary N) is 1. The first-order valence-corrected chi connectivity index (χ1v) is 10.7. The second-order valence-electron chi connectivity index (χ2n) is 7.67. The van der Waals surface area contributed by atoms with Crippen LogP contribution in [0.25, 0.3) is 0 Å². The van der Waals surface area contributed by atoms with Gasteiger partial charge < -0.3 is 10.2 Å². The van der Waals surface area contributed by atoms with E-state index in [9.17, 15) is 9.59 Å². The van der Waals surface area contributed by atoms with Crippen molar-refractivity contribution < 1.29 is 9.59 Å². The number of carbonyl (C=O) groups excluding carboxylic acids is 2. The van der Waals surface area contributed by atoms with Crippen molar-refractivity contribution in [2.75, 3.05) is 0 Å². The monoisotopic (exact) mass is 394 g/mol. The molecule has 1 N–H and O–H groups in total. The Bertz CT molecular complexity index is 771. The van der Waals surface area contributed by atoms with Crippen molar-refractivity contribution in [1.29, 1.82) is 0 Å². The van der Waals surface area contributed by atoms with Gasteiger partial charge in [-0.3, -0.25) is 9.59 Å². The van der Waals surface area contributed by atoms with Gasteiger partial charge in [-0.15, -0.1) is 0 Å². The van der Waals surface area contributed by atoms with Gasteiger partial charge in [-0.1, -0.05) is 68.4 Å². The Balaban J connectivity index is 2.09. The Morgan fingerprint density at radius 3 is 2.10 bits per heavy atom. The maximum atomic E-state index is 13.1. The summed E-state index contributed by atoms with van der Waals surface area (Å²) in [5.41, 5.74) is 3.46. The van der Waals surface area contributed by atoms with Crippen LogP contribution >= 0.6 is 0 Å². The van der Waals surface area contributed by atoms with Crippen LogP contribution in [0.3, 0.4) is 0 Å². The molecule has 0 heterocycles. The van der Waals surface area contributed by atoms with Crippen molar-refractivity contribution in [3.05, 3.63) is 71.3 Å². The molecule has 0 saturated carbocycles. The first kappa shape index (κ1) is 22.7. The number of carbonyl (C=O) groups is 2. The SMILES string of the molecule is CCc1ccc(CCC(=O)N(Cc2ccccc2)[C@H](C)C(=O)N[C@H](C)CC)cc1. The summed E-state index contributed by atoms with van der Waals surface area (Å²) in [6.07, 6.45) is 2.93. The van der Waals surface area contributed by atoms with Gasteiger partial charge in [0.25, 0.3) is 0 Å². The van der Waals surface area contributed by atoms with Gasteiger partial charge in [0.2, 0.25) is 11.8 Å². The molecule has 4 nitrogen and oxygen atoms in total. The molecule has 156 valence electrons. The third-order valence-electron chi connectivity index (χ3n) is 5.42. The molecular formula is C25H34N2O2. The Morgan fingerprint density at radius 2 is 1.52 bits per heavy atom. The second kappa shape index (κ2) is 11.4. The summed E-state index contributed by atoms with van der Waals surface area (Å²) in [5.74, 6) is -0.101. The molecule has 0 radical (unpaired) electrons. The van der Waals surface area contributed by atoms with Crippen LogP contribution in [0, 0.1) is 0 Å². The van der Waals surface area contributed by atoms with Gasteiger partial charge in [-0.2, -0.15) is 0 Å². The summed E-state index contributed by atoms with van der Waals surface area (Å²) in [7, 11) is 0. The number of hydrogen-bond donors (Lipinski definition) is 1. The molecule has 0 saturated heterocycles. The molecule has 0 aliphatic heterocycles. The highest BCUT2D eigenvalue weighted by Crippen LogP contribution is 2.14. The van der Waals surface area contributed by atoms with Crippen molar-refractivity contribution in [3.8, 4) is 0 Å². The number of rotatable bonds is 10. The van der Waals surface area contributed by atoms with Gasteiger partial charge in [0, 0.05) is 19.0 Å². The lowest BCUT2D eigenvalue weighted by Crippen LogP contribution is -2.49. The van der Waals surface area contributed by atoms with Gasteiger partial charge >= 0.3 is 0 Å². The van der Waals surface area contributed by atoms with Crippen molar-refractivity contribution in [3.63, 3.8) is 0 Å². The molecule has 0 aromatic heterocycles. The van der Waals surface area contributed by atoms with Crippen LogP contribution < -0.4 is 5.32 Å². The van der Waals surface area contributed by atoms with E-state index in [4.69, 9.17) is 0 Å². The molecule has 0 bridgehead atoms. The van der Waals surface area contributed by atoms with E-state index in [1.54, 1.807) is 4.90 Å². The van der Waals surface area contributed by atoms with Crippen LogP contribution in [0.5, 0.6) is 0 Å². The first-order chi connectivity index (χ1) is 13.9. The highest BCUT2D eigenvalue weighted by molar-refractivity contribution is 5.87. The van der Waals surface area contributed by atoms with Crippen LogP contribution in [0.4, 0.5) is 0 Å². The molecule has 0 aliphatic rings. The molecule has 0 spiro atoms. The Hall–Kier alpha value is -2.62. The lowest BCUT2D eigenvalue weighted by Gasteiger charge is -2.29. The summed E-state index contributed by atoms with van der Waals surface area (Å²) < 4.78 is 0. The van der Waals surface area contributed by atoms with Gasteiger partial charge in [-0.05, 0) is 49.8 Å². The van der Waals surface area contributed by atoms with E-state index in [2.05, 4.69) is 36.5 Å². The highest BCUT2D eigenvalue weighted by atomic mass is 16.2. The second-order valence-corrected chi connectivity index (χ2v) is 7.67. The van der Waals surface area contributed by atoms with E-state index in [1.807, 2.05) is 51.1 Å². The smallest absolute Gasteiger partial charge is 0.242 e. The lowest BCUT2D eigenvalue weighted by molar-refractivity contribution is -0.140. The van der Waals surface area contributed by atoms with Crippen LogP contribution in [-0.2, 0) is 29.0 Å². The van der Waals surface area contributed by atoms with Gasteiger partial charge in [0.15, 0.2) is 0 Å². The van der Waals surface area contributed by atoms with Crippen LogP contribution in [0.15, 0.2) is 54.6 Å². The molecule has 2 rings (SSSR count). The largest absolute Gasteiger partial charge is 0.352 e. The minimum Gasteiger partial charge on any atom is -0.352 e. The molecule has 4 heteroatoms. The summed E-state index contributed by atoms with van der Waals surface area (Å²) in [4.78, 5) is 27.5. The number of amides is 2. The maximum absolute atomic E-state index is 13.1. The van der Waals surface area contributed by atoms with Crippen molar-refractivity contribution in [1.82, 2.24) is 10.2 Å².